The van der Waals surface area contributed by atoms with Gasteiger partial charge in [0, 0.05) is 19.2 Å². The molecule has 2 aromatic rings. The lowest BCUT2D eigenvalue weighted by Gasteiger charge is -2.01. The van der Waals surface area contributed by atoms with Crippen LogP contribution in [-0.4, -0.2) is 38.3 Å². The molecule has 6 heteroatoms. The summed E-state index contributed by atoms with van der Waals surface area (Å²) in [5.41, 5.74) is 1.04. The summed E-state index contributed by atoms with van der Waals surface area (Å²) in [5, 5.41) is 2.72. The molecule has 1 aromatic heterocycles. The second-order valence-corrected chi connectivity index (χ2v) is 4.40. The van der Waals surface area contributed by atoms with Crippen LogP contribution >= 0.6 is 0 Å². The number of hydrogen-bond acceptors (Lipinski definition) is 5. The molecule has 1 heterocycles. The summed E-state index contributed by atoms with van der Waals surface area (Å²) in [6.45, 7) is 2.59. The van der Waals surface area contributed by atoms with Crippen molar-refractivity contribution in [1.29, 1.82) is 0 Å². The third kappa shape index (κ3) is 3.61. The Hall–Kier alpha value is -2.34. The van der Waals surface area contributed by atoms with Gasteiger partial charge >= 0.3 is 0 Å². The summed E-state index contributed by atoms with van der Waals surface area (Å²) >= 11 is 0. The van der Waals surface area contributed by atoms with E-state index in [0.717, 1.165) is 5.56 Å². The summed E-state index contributed by atoms with van der Waals surface area (Å²) in [6.07, 6.45) is 0. The summed E-state index contributed by atoms with van der Waals surface area (Å²) in [4.78, 5) is 16.3. The molecule has 0 saturated carbocycles. The molecule has 0 unspecified atom stereocenters. The number of amides is 1. The average Bonchev–Trinajstić information content (AvgIpc) is 2.89. The van der Waals surface area contributed by atoms with Gasteiger partial charge in [0.1, 0.15) is 11.5 Å². The third-order valence-electron chi connectivity index (χ3n) is 2.92. The molecule has 21 heavy (non-hydrogen) atoms. The van der Waals surface area contributed by atoms with Crippen LogP contribution in [0.15, 0.2) is 28.7 Å². The Morgan fingerprint density at radius 1 is 1.38 bits per heavy atom. The van der Waals surface area contributed by atoms with Gasteiger partial charge in [-0.3, -0.25) is 4.79 Å². The molecule has 1 aromatic carbocycles. The zero-order valence-electron chi connectivity index (χ0n) is 12.3. The van der Waals surface area contributed by atoms with Gasteiger partial charge in [0.15, 0.2) is 5.69 Å². The van der Waals surface area contributed by atoms with E-state index in [4.69, 9.17) is 13.9 Å². The quantitative estimate of drug-likeness (QED) is 0.824. The van der Waals surface area contributed by atoms with E-state index >= 15 is 0 Å². The van der Waals surface area contributed by atoms with Crippen LogP contribution in [0.1, 0.15) is 16.2 Å². The molecule has 0 atom stereocenters. The topological polar surface area (TPSA) is 73.6 Å². The number of ether oxygens (including phenoxy) is 2. The number of carbonyl (C=O) groups excluding carboxylic acids is 1. The number of hydrogen-bond donors (Lipinski definition) is 1. The van der Waals surface area contributed by atoms with Crippen molar-refractivity contribution in [2.75, 3.05) is 27.4 Å². The van der Waals surface area contributed by atoms with Crippen LogP contribution in [0.2, 0.25) is 0 Å². The monoisotopic (exact) mass is 290 g/mol. The Kier molecular flexibility index (Phi) is 4.94. The number of nitrogens with zero attached hydrogens (tertiary/aromatic N) is 1. The van der Waals surface area contributed by atoms with Gasteiger partial charge < -0.3 is 19.2 Å². The smallest absolute Gasteiger partial charge is 0.273 e. The van der Waals surface area contributed by atoms with Crippen LogP contribution in [0.25, 0.3) is 11.5 Å². The van der Waals surface area contributed by atoms with E-state index in [-0.39, 0.29) is 11.6 Å². The van der Waals surface area contributed by atoms with Crippen molar-refractivity contribution in [3.63, 3.8) is 0 Å². The van der Waals surface area contributed by atoms with Crippen LogP contribution in [0.3, 0.4) is 0 Å². The molecule has 0 fully saturated rings. The van der Waals surface area contributed by atoms with Gasteiger partial charge in [0.25, 0.3) is 5.91 Å². The molecule has 0 aliphatic rings. The lowest BCUT2D eigenvalue weighted by Crippen LogP contribution is -2.27. The Morgan fingerprint density at radius 2 is 2.19 bits per heavy atom. The lowest BCUT2D eigenvalue weighted by atomic mass is 10.2. The molecule has 0 saturated heterocycles. The van der Waals surface area contributed by atoms with E-state index in [1.165, 1.54) is 0 Å². The zero-order chi connectivity index (χ0) is 15.2. The molecule has 1 N–H and O–H groups in total. The maximum atomic E-state index is 12.0. The highest BCUT2D eigenvalue weighted by Crippen LogP contribution is 2.25. The van der Waals surface area contributed by atoms with Crippen molar-refractivity contribution in [3.8, 4) is 17.2 Å². The van der Waals surface area contributed by atoms with Crippen LogP contribution < -0.4 is 10.1 Å². The maximum absolute atomic E-state index is 12.0. The number of methoxy groups -OCH3 is 2. The summed E-state index contributed by atoms with van der Waals surface area (Å²) in [7, 11) is 3.17. The first-order chi connectivity index (χ1) is 10.2. The van der Waals surface area contributed by atoms with Gasteiger partial charge in [-0.25, -0.2) is 4.98 Å². The molecule has 6 nitrogen and oxygen atoms in total. The van der Waals surface area contributed by atoms with Crippen molar-refractivity contribution in [2.24, 2.45) is 0 Å². The third-order valence-corrected chi connectivity index (χ3v) is 2.92. The minimum Gasteiger partial charge on any atom is -0.497 e. The fourth-order valence-electron chi connectivity index (χ4n) is 1.84. The van der Waals surface area contributed by atoms with E-state index in [2.05, 4.69) is 10.3 Å². The normalized spacial score (nSPS) is 10.4. The fraction of sp³-hybridized carbons (Fsp3) is 0.333. The maximum Gasteiger partial charge on any atom is 0.273 e. The SMILES string of the molecule is COCCNC(=O)c1nc(-c2cccc(OC)c2)oc1C. The number of carbonyl (C=O) groups is 1. The number of nitrogens with one attached hydrogen (secondary N) is 1. The van der Waals surface area contributed by atoms with Crippen molar-refractivity contribution < 1.29 is 18.7 Å². The van der Waals surface area contributed by atoms with Crippen LogP contribution in [-0.2, 0) is 4.74 Å². The first kappa shape index (κ1) is 15.1. The Labute approximate surface area is 123 Å². The summed E-state index contributed by atoms with van der Waals surface area (Å²) < 4.78 is 15.6. The molecule has 1 amide bonds. The molecular weight excluding hydrogens is 272 g/mol. The van der Waals surface area contributed by atoms with Gasteiger partial charge in [-0.05, 0) is 25.1 Å². The van der Waals surface area contributed by atoms with Gasteiger partial charge in [-0.2, -0.15) is 0 Å². The van der Waals surface area contributed by atoms with E-state index in [1.807, 2.05) is 18.2 Å². The molecule has 0 bridgehead atoms. The van der Waals surface area contributed by atoms with Gasteiger partial charge in [-0.15, -0.1) is 0 Å². The number of benzene rings is 1. The van der Waals surface area contributed by atoms with E-state index in [1.54, 1.807) is 27.2 Å². The van der Waals surface area contributed by atoms with E-state index < -0.39 is 0 Å². The molecule has 0 aliphatic carbocycles. The number of aromatic nitrogens is 1. The first-order valence-electron chi connectivity index (χ1n) is 6.54. The second-order valence-electron chi connectivity index (χ2n) is 4.40. The summed E-state index contributed by atoms with van der Waals surface area (Å²) in [5.74, 6) is 1.29. The van der Waals surface area contributed by atoms with E-state index in [0.29, 0.717) is 30.6 Å². The standard InChI is InChI=1S/C15H18N2O4/c1-10-13(14(18)16-7-8-19-2)17-15(21-10)11-5-4-6-12(9-11)20-3/h4-6,9H,7-8H2,1-3H3,(H,16,18). The molecule has 0 spiro atoms. The predicted molar refractivity (Wildman–Crippen MR) is 77.4 cm³/mol. The highest BCUT2D eigenvalue weighted by atomic mass is 16.5. The lowest BCUT2D eigenvalue weighted by molar-refractivity contribution is 0.0931. The van der Waals surface area contributed by atoms with E-state index in [9.17, 15) is 4.79 Å². The van der Waals surface area contributed by atoms with Gasteiger partial charge in [0.05, 0.1) is 13.7 Å². The first-order valence-corrected chi connectivity index (χ1v) is 6.54. The highest BCUT2D eigenvalue weighted by molar-refractivity contribution is 5.93. The van der Waals surface area contributed by atoms with Crippen molar-refractivity contribution in [2.45, 2.75) is 6.92 Å². The zero-order valence-corrected chi connectivity index (χ0v) is 12.3. The molecular formula is C15H18N2O4. The number of rotatable bonds is 6. The minimum absolute atomic E-state index is 0.276. The number of aryl methyl sites for hydroxylation is 1. The second kappa shape index (κ2) is 6.90. The minimum atomic E-state index is -0.276. The molecule has 2 rings (SSSR count). The number of oxazole rings is 1. The Morgan fingerprint density at radius 3 is 2.90 bits per heavy atom. The average molecular weight is 290 g/mol. The van der Waals surface area contributed by atoms with Crippen LogP contribution in [0, 0.1) is 6.92 Å². The van der Waals surface area contributed by atoms with Gasteiger partial charge in [-0.1, -0.05) is 6.07 Å². The van der Waals surface area contributed by atoms with Crippen molar-refractivity contribution in [1.82, 2.24) is 10.3 Å². The van der Waals surface area contributed by atoms with Crippen LogP contribution in [0.5, 0.6) is 5.75 Å². The molecule has 0 radical (unpaired) electrons. The van der Waals surface area contributed by atoms with Crippen molar-refractivity contribution in [3.05, 3.63) is 35.7 Å². The summed E-state index contributed by atoms with van der Waals surface area (Å²) in [6, 6.07) is 7.32. The molecule has 112 valence electrons. The predicted octanol–water partition coefficient (Wildman–Crippen LogP) is 2.03. The van der Waals surface area contributed by atoms with Crippen molar-refractivity contribution >= 4 is 5.91 Å². The fourth-order valence-corrected chi connectivity index (χ4v) is 1.84. The molecule has 0 aliphatic heterocycles. The largest absolute Gasteiger partial charge is 0.497 e. The Bertz CT molecular complexity index is 622. The van der Waals surface area contributed by atoms with Crippen LogP contribution in [0.4, 0.5) is 0 Å². The highest BCUT2D eigenvalue weighted by Gasteiger charge is 2.17. The Balaban J connectivity index is 2.20. The van der Waals surface area contributed by atoms with Gasteiger partial charge in [0.2, 0.25) is 5.89 Å².